The summed E-state index contributed by atoms with van der Waals surface area (Å²) in [4.78, 5) is 26.8. The second kappa shape index (κ2) is 9.32. The highest BCUT2D eigenvalue weighted by Crippen LogP contribution is 2.44. The molecular weight excluding hydrogens is 430 g/mol. The summed E-state index contributed by atoms with van der Waals surface area (Å²) < 4.78 is 16.6. The largest absolute Gasteiger partial charge is 0.496 e. The summed E-state index contributed by atoms with van der Waals surface area (Å²) >= 11 is 5.97. The molecule has 0 aliphatic carbocycles. The van der Waals surface area contributed by atoms with Crippen molar-refractivity contribution < 1.29 is 23.8 Å². The zero-order valence-corrected chi connectivity index (χ0v) is 18.4. The number of β-lactam (4-membered cyclic amide) rings is 1. The lowest BCUT2D eigenvalue weighted by molar-refractivity contribution is -0.135. The lowest BCUT2D eigenvalue weighted by atomic mass is 9.89. The number of rotatable bonds is 7. The number of hydrogen-bond acceptors (Lipinski definition) is 5. The van der Waals surface area contributed by atoms with Gasteiger partial charge in [-0.1, -0.05) is 29.8 Å². The summed E-state index contributed by atoms with van der Waals surface area (Å²) in [5.41, 5.74) is 1.89. The molecule has 4 rings (SSSR count). The van der Waals surface area contributed by atoms with Gasteiger partial charge >= 0.3 is 5.97 Å². The van der Waals surface area contributed by atoms with E-state index in [0.717, 1.165) is 5.56 Å². The van der Waals surface area contributed by atoms with E-state index < -0.39 is 18.1 Å². The normalized spacial score (nSPS) is 17.5. The van der Waals surface area contributed by atoms with Gasteiger partial charge in [-0.05, 0) is 61.5 Å². The third-order valence-corrected chi connectivity index (χ3v) is 5.49. The fourth-order valence-electron chi connectivity index (χ4n) is 3.71. The Hall–Kier alpha value is -3.51. The third kappa shape index (κ3) is 4.14. The predicted molar refractivity (Wildman–Crippen MR) is 121 cm³/mol. The van der Waals surface area contributed by atoms with E-state index in [2.05, 4.69) is 0 Å². The maximum atomic E-state index is 13.2. The van der Waals surface area contributed by atoms with Crippen LogP contribution in [-0.2, 0) is 9.53 Å². The number of carbonyl (C=O) groups is 2. The van der Waals surface area contributed by atoms with E-state index in [4.69, 9.17) is 25.8 Å². The number of amides is 1. The fourth-order valence-corrected chi connectivity index (χ4v) is 3.84. The van der Waals surface area contributed by atoms with Gasteiger partial charge in [-0.15, -0.1) is 0 Å². The maximum absolute atomic E-state index is 13.2. The van der Waals surface area contributed by atoms with E-state index in [0.29, 0.717) is 34.4 Å². The molecule has 0 N–H and O–H groups in total. The van der Waals surface area contributed by atoms with Crippen LogP contribution in [0.25, 0.3) is 0 Å². The first-order chi connectivity index (χ1) is 15.5. The number of ether oxygens (including phenoxy) is 3. The molecule has 1 fully saturated rings. The van der Waals surface area contributed by atoms with Gasteiger partial charge in [0, 0.05) is 16.3 Å². The zero-order chi connectivity index (χ0) is 22.7. The molecule has 1 amide bonds. The molecule has 164 valence electrons. The van der Waals surface area contributed by atoms with E-state index in [1.807, 2.05) is 24.3 Å². The van der Waals surface area contributed by atoms with Crippen LogP contribution >= 0.6 is 11.6 Å². The summed E-state index contributed by atoms with van der Waals surface area (Å²) in [6.07, 6.45) is -0.739. The van der Waals surface area contributed by atoms with Gasteiger partial charge in [0.25, 0.3) is 5.91 Å². The number of para-hydroxylation sites is 1. The van der Waals surface area contributed by atoms with Crippen LogP contribution in [0, 0.1) is 0 Å². The first kappa shape index (κ1) is 21.7. The number of hydrogen-bond donors (Lipinski definition) is 0. The number of carbonyl (C=O) groups excluding carboxylic acids is 2. The molecule has 6 nitrogen and oxygen atoms in total. The Balaban J connectivity index is 1.67. The predicted octanol–water partition coefficient (Wildman–Crippen LogP) is 5.06. The molecule has 1 aliphatic rings. The van der Waals surface area contributed by atoms with Crippen molar-refractivity contribution in [3.8, 4) is 11.5 Å². The van der Waals surface area contributed by atoms with Crippen LogP contribution in [0.1, 0.15) is 28.9 Å². The Morgan fingerprint density at radius 2 is 1.69 bits per heavy atom. The van der Waals surface area contributed by atoms with Crippen molar-refractivity contribution in [2.75, 3.05) is 18.6 Å². The molecule has 0 unspecified atom stereocenters. The summed E-state index contributed by atoms with van der Waals surface area (Å²) in [7, 11) is 1.59. The Labute approximate surface area is 191 Å². The Morgan fingerprint density at radius 1 is 1.00 bits per heavy atom. The number of methoxy groups -OCH3 is 1. The first-order valence-electron chi connectivity index (χ1n) is 10.2. The van der Waals surface area contributed by atoms with Gasteiger partial charge in [0.2, 0.25) is 6.10 Å². The van der Waals surface area contributed by atoms with E-state index in [1.54, 1.807) is 67.5 Å². The number of esters is 1. The van der Waals surface area contributed by atoms with Crippen LogP contribution in [0.4, 0.5) is 5.69 Å². The minimum absolute atomic E-state index is 0.195. The zero-order valence-electron chi connectivity index (χ0n) is 17.7. The molecule has 2 atom stereocenters. The van der Waals surface area contributed by atoms with Crippen LogP contribution in [0.15, 0.2) is 72.8 Å². The summed E-state index contributed by atoms with van der Waals surface area (Å²) in [5, 5.41) is 0.585. The molecule has 32 heavy (non-hydrogen) atoms. The second-order valence-electron chi connectivity index (χ2n) is 7.15. The van der Waals surface area contributed by atoms with Gasteiger partial charge in [-0.2, -0.15) is 0 Å². The second-order valence-corrected chi connectivity index (χ2v) is 7.59. The minimum atomic E-state index is -0.739. The fraction of sp³-hybridized carbons (Fsp3) is 0.200. The lowest BCUT2D eigenvalue weighted by Crippen LogP contribution is -2.61. The average Bonchev–Trinajstić information content (AvgIpc) is 2.82. The van der Waals surface area contributed by atoms with Crippen molar-refractivity contribution in [3.63, 3.8) is 0 Å². The maximum Gasteiger partial charge on any atom is 0.338 e. The van der Waals surface area contributed by atoms with Crippen LogP contribution in [0.2, 0.25) is 5.02 Å². The minimum Gasteiger partial charge on any atom is -0.496 e. The van der Waals surface area contributed by atoms with E-state index in [9.17, 15) is 9.59 Å². The van der Waals surface area contributed by atoms with E-state index >= 15 is 0 Å². The highest BCUT2D eigenvalue weighted by atomic mass is 35.5. The molecule has 1 saturated heterocycles. The van der Waals surface area contributed by atoms with E-state index in [1.165, 1.54) is 0 Å². The quantitative estimate of drug-likeness (QED) is 0.371. The molecule has 0 aromatic heterocycles. The lowest BCUT2D eigenvalue weighted by Gasteiger charge is -2.47. The number of benzene rings is 3. The highest BCUT2D eigenvalue weighted by Gasteiger charge is 2.52. The van der Waals surface area contributed by atoms with Crippen molar-refractivity contribution in [2.45, 2.75) is 19.1 Å². The van der Waals surface area contributed by atoms with Crippen molar-refractivity contribution >= 4 is 29.2 Å². The molecule has 0 saturated carbocycles. The smallest absolute Gasteiger partial charge is 0.338 e. The SMILES string of the molecule is CCOC(=O)c1ccc(N2C(=O)[C@@H](Oc3ccc(Cl)cc3)[C@H]2c2ccccc2OC)cc1. The number of nitrogens with zero attached hydrogens (tertiary/aromatic N) is 1. The standard InChI is InChI=1S/C25H22ClNO5/c1-3-31-25(29)16-8-12-18(13-9-16)27-22(20-6-4-5-7-21(20)30-2)23(24(27)28)32-19-14-10-17(26)11-15-19/h4-15,22-23H,3H2,1-2H3/t22-,23+/m1/s1. The topological polar surface area (TPSA) is 65.1 Å². The van der Waals surface area contributed by atoms with Gasteiger partial charge in [0.15, 0.2) is 0 Å². The molecule has 1 aliphatic heterocycles. The summed E-state index contributed by atoms with van der Waals surface area (Å²) in [6.45, 7) is 2.05. The van der Waals surface area contributed by atoms with Gasteiger partial charge < -0.3 is 14.2 Å². The molecule has 0 radical (unpaired) electrons. The van der Waals surface area contributed by atoms with Gasteiger partial charge in [-0.25, -0.2) is 4.79 Å². The summed E-state index contributed by atoms with van der Waals surface area (Å²) in [6, 6.07) is 20.7. The first-order valence-corrected chi connectivity index (χ1v) is 10.6. The van der Waals surface area contributed by atoms with E-state index in [-0.39, 0.29) is 5.91 Å². The third-order valence-electron chi connectivity index (χ3n) is 5.24. The molecule has 0 bridgehead atoms. The average molecular weight is 452 g/mol. The Morgan fingerprint density at radius 3 is 2.34 bits per heavy atom. The van der Waals surface area contributed by atoms with Crippen molar-refractivity contribution in [1.29, 1.82) is 0 Å². The van der Waals surface area contributed by atoms with Gasteiger partial charge in [-0.3, -0.25) is 9.69 Å². The Bertz CT molecular complexity index is 1110. The monoisotopic (exact) mass is 451 g/mol. The highest BCUT2D eigenvalue weighted by molar-refractivity contribution is 6.30. The molecule has 3 aromatic carbocycles. The molecule has 0 spiro atoms. The molecule has 1 heterocycles. The van der Waals surface area contributed by atoms with Crippen LogP contribution < -0.4 is 14.4 Å². The van der Waals surface area contributed by atoms with Crippen LogP contribution in [0.5, 0.6) is 11.5 Å². The molecule has 7 heteroatoms. The Kier molecular flexibility index (Phi) is 6.32. The summed E-state index contributed by atoms with van der Waals surface area (Å²) in [5.74, 6) is 0.603. The molecule has 3 aromatic rings. The van der Waals surface area contributed by atoms with Crippen LogP contribution in [-0.4, -0.2) is 31.7 Å². The van der Waals surface area contributed by atoms with Crippen molar-refractivity contribution in [1.82, 2.24) is 0 Å². The van der Waals surface area contributed by atoms with Gasteiger partial charge in [0.1, 0.15) is 17.5 Å². The van der Waals surface area contributed by atoms with Crippen molar-refractivity contribution in [2.24, 2.45) is 0 Å². The van der Waals surface area contributed by atoms with Gasteiger partial charge in [0.05, 0.1) is 19.3 Å². The molecular formula is C25H22ClNO5. The van der Waals surface area contributed by atoms with Crippen molar-refractivity contribution in [3.05, 3.63) is 88.9 Å². The van der Waals surface area contributed by atoms with Crippen LogP contribution in [0.3, 0.4) is 0 Å². The number of anilines is 1. The number of halogens is 1.